The number of fused-ring (bicyclic) bond motifs is 39. The lowest BCUT2D eigenvalue weighted by atomic mass is 9.62. The highest BCUT2D eigenvalue weighted by molar-refractivity contribution is 6.22. The van der Waals surface area contributed by atoms with Crippen LogP contribution in [-0.4, -0.2) is 0 Å². The van der Waals surface area contributed by atoms with Gasteiger partial charge in [0.05, 0.1) is 10.8 Å². The van der Waals surface area contributed by atoms with Gasteiger partial charge in [0.15, 0.2) is 0 Å². The lowest BCUT2D eigenvalue weighted by Crippen LogP contribution is -2.33. The van der Waals surface area contributed by atoms with Gasteiger partial charge in [-0.2, -0.15) is 0 Å². The summed E-state index contributed by atoms with van der Waals surface area (Å²) in [5.74, 6) is 0.0829. The second-order valence-electron chi connectivity index (χ2n) is 37.5. The largest absolute Gasteiger partial charge is 0.456 e. The topological polar surface area (TPSA) is 39.4 Å². The fraction of sp³-hybridized carbons (Fsp3) is 0.294. The van der Waals surface area contributed by atoms with Gasteiger partial charge in [-0.3, -0.25) is 0 Å². The van der Waals surface area contributed by atoms with Crippen molar-refractivity contribution in [1.82, 2.24) is 0 Å². The van der Waals surface area contributed by atoms with Crippen molar-refractivity contribution in [2.75, 3.05) is 0 Å². The number of unbranched alkanes of at least 4 members (excludes halogenated alkanes) is 16. The van der Waals surface area contributed by atoms with Gasteiger partial charge in [0.25, 0.3) is 0 Å². The standard InChI is InChI=1S/C119H110O3/c1-5-9-13-17-37-65-116(66-38-18-14-10-6-2)93-49-29-25-46-86(93)112-114(116)113-110(111-89-48-28-36-56-105(89)122-115(111)112)87-61-58-76(71-99(87)117(113,67-39-19-15-11-7-3)68-40-20-16-12-8-4)69-79(78-59-63-106-91(73-78)85-45-26-34-54-103(85)120-106)70-77-57-60-84-90-74-102-92(75-101(90)119(100(84)72-77)96-52-32-23-43-82(96)83-44-24-33-53-97(83)119)108-98(62-64-107-109(108)88-47-27-35-55-104(88)121-107)118(102)94-50-30-21-41-80(94)81-42-22-31-51-95(81)118/h21-36,41-64,71-75,79H,5-20,37-40,65-70H2,1-4H3. The molecule has 0 amide bonds. The molecule has 6 aliphatic carbocycles. The molecule has 0 saturated carbocycles. The summed E-state index contributed by atoms with van der Waals surface area (Å²) < 4.78 is 21.4. The first-order valence-electron chi connectivity index (χ1n) is 47.2. The SMILES string of the molecule is CCCCCCCC1(CCCCCCC)c2ccccc2-c2c1c1c(c3c2oc2ccccc23)-c2ccc(CC(Cc3ccc4c(c3)C3(c5ccccc5-c5ccccc53)c3cc5c(cc3-4)C3(c4ccccc4-c4ccccc43)c3ccc4oc6ccccc6c4c3-5)c3ccc4oc5ccccc5c4c3)cc2C1(CCCCCCC)CCCCCCC. The molecule has 0 aliphatic heterocycles. The van der Waals surface area contributed by atoms with Crippen LogP contribution in [0.5, 0.6) is 0 Å². The van der Waals surface area contributed by atoms with Crippen molar-refractivity contribution in [3.8, 4) is 66.8 Å². The van der Waals surface area contributed by atoms with Gasteiger partial charge in [-0.05, 0) is 238 Å². The zero-order chi connectivity index (χ0) is 81.4. The second kappa shape index (κ2) is 30.2. The second-order valence-corrected chi connectivity index (χ2v) is 37.5. The van der Waals surface area contributed by atoms with Gasteiger partial charge in [-0.25, -0.2) is 0 Å². The molecule has 23 rings (SSSR count). The maximum Gasteiger partial charge on any atom is 0.144 e. The summed E-state index contributed by atoms with van der Waals surface area (Å²) in [7, 11) is 0. The molecule has 0 bridgehead atoms. The first-order valence-corrected chi connectivity index (χ1v) is 47.2. The van der Waals surface area contributed by atoms with E-state index in [4.69, 9.17) is 13.3 Å². The fourth-order valence-electron chi connectivity index (χ4n) is 25.7. The van der Waals surface area contributed by atoms with E-state index in [1.54, 1.807) is 22.3 Å². The molecule has 3 aromatic heterocycles. The lowest BCUT2D eigenvalue weighted by Gasteiger charge is -2.40. The van der Waals surface area contributed by atoms with Crippen LogP contribution in [0.15, 0.2) is 286 Å². The van der Waals surface area contributed by atoms with Gasteiger partial charge >= 0.3 is 0 Å². The number of hydrogen-bond acceptors (Lipinski definition) is 3. The Morgan fingerprint density at radius 3 is 1.19 bits per heavy atom. The van der Waals surface area contributed by atoms with Crippen molar-refractivity contribution in [2.45, 2.75) is 222 Å². The number of para-hydroxylation sites is 3. The van der Waals surface area contributed by atoms with Crippen molar-refractivity contribution in [2.24, 2.45) is 0 Å². The van der Waals surface area contributed by atoms with Gasteiger partial charge in [0.1, 0.15) is 33.5 Å². The number of benzene rings is 14. The van der Waals surface area contributed by atoms with E-state index in [2.05, 4.69) is 301 Å². The van der Waals surface area contributed by atoms with E-state index in [9.17, 15) is 0 Å². The maximum atomic E-state index is 7.65. The van der Waals surface area contributed by atoms with Gasteiger partial charge in [0, 0.05) is 48.7 Å². The average molecular weight is 1590 g/mol. The molecule has 1 unspecified atom stereocenters. The Morgan fingerprint density at radius 2 is 0.623 bits per heavy atom. The molecule has 14 aromatic carbocycles. The van der Waals surface area contributed by atoms with Crippen LogP contribution in [0.1, 0.15) is 271 Å². The van der Waals surface area contributed by atoms with Gasteiger partial charge < -0.3 is 13.3 Å². The highest BCUT2D eigenvalue weighted by atomic mass is 16.3. The van der Waals surface area contributed by atoms with Crippen LogP contribution in [0.2, 0.25) is 0 Å². The monoisotopic (exact) mass is 1590 g/mol. The molecule has 3 nitrogen and oxygen atoms in total. The minimum atomic E-state index is -0.638. The molecular weight excluding hydrogens is 1480 g/mol. The lowest BCUT2D eigenvalue weighted by molar-refractivity contribution is 0.368. The van der Waals surface area contributed by atoms with Crippen molar-refractivity contribution < 1.29 is 13.3 Å². The molecule has 0 radical (unpaired) electrons. The molecule has 0 saturated heterocycles. The molecule has 6 aliphatic rings. The van der Waals surface area contributed by atoms with Crippen LogP contribution in [0.3, 0.4) is 0 Å². The molecule has 1 atom stereocenters. The van der Waals surface area contributed by atoms with Crippen LogP contribution < -0.4 is 0 Å². The summed E-state index contributed by atoms with van der Waals surface area (Å²) in [5.41, 5.74) is 41.9. The molecule has 17 aromatic rings. The molecule has 3 heteroatoms. The molecule has 0 N–H and O–H groups in total. The first kappa shape index (κ1) is 75.4. The van der Waals surface area contributed by atoms with E-state index >= 15 is 0 Å². The normalized spacial score (nSPS) is 15.1. The predicted molar refractivity (Wildman–Crippen MR) is 510 cm³/mol. The van der Waals surface area contributed by atoms with Gasteiger partial charge in [-0.15, -0.1) is 0 Å². The smallest absolute Gasteiger partial charge is 0.144 e. The van der Waals surface area contributed by atoms with Gasteiger partial charge in [-0.1, -0.05) is 381 Å². The third-order valence-electron chi connectivity index (χ3n) is 30.9. The average Bonchev–Trinajstić information content (AvgIpc) is 1.49. The molecule has 604 valence electrons. The van der Waals surface area contributed by atoms with Gasteiger partial charge in [0.2, 0.25) is 0 Å². The molecule has 2 spiro atoms. The summed E-state index contributed by atoms with van der Waals surface area (Å²) in [4.78, 5) is 0. The van der Waals surface area contributed by atoms with E-state index in [1.165, 1.54) is 296 Å². The number of hydrogen-bond donors (Lipinski definition) is 0. The third-order valence-corrected chi connectivity index (χ3v) is 30.9. The quantitative estimate of drug-likeness (QED) is 0.0439. The molecule has 3 heterocycles. The van der Waals surface area contributed by atoms with E-state index in [1.807, 2.05) is 0 Å². The van der Waals surface area contributed by atoms with Crippen LogP contribution in [0.25, 0.3) is 133 Å². The number of rotatable bonds is 29. The van der Waals surface area contributed by atoms with E-state index < -0.39 is 10.8 Å². The fourth-order valence-corrected chi connectivity index (χ4v) is 25.7. The Morgan fingerprint density at radius 1 is 0.238 bits per heavy atom. The third kappa shape index (κ3) is 11.1. The highest BCUT2D eigenvalue weighted by Gasteiger charge is 2.58. The van der Waals surface area contributed by atoms with Crippen LogP contribution in [0.4, 0.5) is 0 Å². The van der Waals surface area contributed by atoms with Crippen LogP contribution in [-0.2, 0) is 34.5 Å². The van der Waals surface area contributed by atoms with Crippen molar-refractivity contribution >= 4 is 65.8 Å². The summed E-state index contributed by atoms with van der Waals surface area (Å²) in [6.45, 7) is 9.52. The summed E-state index contributed by atoms with van der Waals surface area (Å²) in [5, 5.41) is 7.31. The van der Waals surface area contributed by atoms with Crippen LogP contribution in [0, 0.1) is 0 Å². The van der Waals surface area contributed by atoms with Crippen molar-refractivity contribution in [3.05, 3.63) is 356 Å². The minimum absolute atomic E-state index is 0.0829. The maximum absolute atomic E-state index is 7.65. The van der Waals surface area contributed by atoms with E-state index in [0.717, 1.165) is 64.6 Å². The van der Waals surface area contributed by atoms with Crippen molar-refractivity contribution in [3.63, 3.8) is 0 Å². The Bertz CT molecular complexity index is 6900. The first-order chi connectivity index (χ1) is 60.3. The zero-order valence-corrected chi connectivity index (χ0v) is 71.7. The van der Waals surface area contributed by atoms with Crippen LogP contribution >= 0.6 is 0 Å². The van der Waals surface area contributed by atoms with E-state index in [-0.39, 0.29) is 16.7 Å². The van der Waals surface area contributed by atoms with E-state index in [0.29, 0.717) is 0 Å². The Balaban J connectivity index is 0.734. The predicted octanol–water partition coefficient (Wildman–Crippen LogP) is 33.6. The highest BCUT2D eigenvalue weighted by Crippen LogP contribution is 2.71. The Labute approximate surface area is 719 Å². The molecular formula is C119H110O3. The van der Waals surface area contributed by atoms with Crippen molar-refractivity contribution in [1.29, 1.82) is 0 Å². The Kier molecular flexibility index (Phi) is 18.7. The minimum Gasteiger partial charge on any atom is -0.456 e. The Hall–Kier alpha value is -11.5. The summed E-state index contributed by atoms with van der Waals surface area (Å²) >= 11 is 0. The number of furan rings is 3. The summed E-state index contributed by atoms with van der Waals surface area (Å²) in [6, 6.07) is 107. The molecule has 122 heavy (non-hydrogen) atoms. The zero-order valence-electron chi connectivity index (χ0n) is 71.7. The summed E-state index contributed by atoms with van der Waals surface area (Å²) in [6.07, 6.45) is 31.5. The molecule has 0 fully saturated rings.